The number of hydrogen-bond acceptors (Lipinski definition) is 4. The van der Waals surface area contributed by atoms with Crippen LogP contribution in [0.5, 0.6) is 0 Å². The van der Waals surface area contributed by atoms with E-state index in [4.69, 9.17) is 5.73 Å². The van der Waals surface area contributed by atoms with Gasteiger partial charge in [-0.1, -0.05) is 19.1 Å². The topological polar surface area (TPSA) is 69.8 Å². The number of aliphatic hydroxyl groups is 1. The van der Waals surface area contributed by atoms with Crippen molar-refractivity contribution < 1.29 is 9.90 Å². The minimum atomic E-state index is -0.379. The third-order valence-corrected chi connectivity index (χ3v) is 4.22. The summed E-state index contributed by atoms with van der Waals surface area (Å²) in [7, 11) is 0. The van der Waals surface area contributed by atoms with Gasteiger partial charge in [-0.05, 0) is 24.1 Å². The Morgan fingerprint density at radius 3 is 2.62 bits per heavy atom. The molecule has 0 radical (unpaired) electrons. The lowest BCUT2D eigenvalue weighted by Crippen LogP contribution is -2.50. The average molecular weight is 291 g/mol. The predicted molar refractivity (Wildman–Crippen MR) is 83.0 cm³/mol. The third kappa shape index (κ3) is 4.27. The fourth-order valence-electron chi connectivity index (χ4n) is 2.87. The standard InChI is InChI=1S/C16H25N3O2/c1-2-15(12-20)19-8-6-18(7-9-19)11-13-4-3-5-14(10-13)16(17)21/h3-5,10,15,20H,2,6-9,11-12H2,1H3,(H2,17,21). The van der Waals surface area contributed by atoms with E-state index in [1.807, 2.05) is 18.2 Å². The minimum absolute atomic E-state index is 0.233. The number of aliphatic hydroxyl groups excluding tert-OH is 1. The summed E-state index contributed by atoms with van der Waals surface area (Å²) in [6, 6.07) is 7.81. The molecule has 1 heterocycles. The molecule has 0 spiro atoms. The van der Waals surface area contributed by atoms with Gasteiger partial charge < -0.3 is 10.8 Å². The number of piperazine rings is 1. The fourth-order valence-corrected chi connectivity index (χ4v) is 2.87. The molecule has 5 nitrogen and oxygen atoms in total. The highest BCUT2D eigenvalue weighted by Crippen LogP contribution is 2.13. The molecule has 1 atom stereocenters. The summed E-state index contributed by atoms with van der Waals surface area (Å²) in [4.78, 5) is 15.9. The van der Waals surface area contributed by atoms with Gasteiger partial charge in [-0.25, -0.2) is 0 Å². The molecule has 0 saturated carbocycles. The van der Waals surface area contributed by atoms with Gasteiger partial charge in [0.2, 0.25) is 5.91 Å². The molecular weight excluding hydrogens is 266 g/mol. The van der Waals surface area contributed by atoms with Crippen molar-refractivity contribution in [2.24, 2.45) is 5.73 Å². The van der Waals surface area contributed by atoms with Crippen LogP contribution in [0.15, 0.2) is 24.3 Å². The number of nitrogens with two attached hydrogens (primary N) is 1. The van der Waals surface area contributed by atoms with Crippen LogP contribution in [0.1, 0.15) is 29.3 Å². The molecule has 1 aromatic rings. The van der Waals surface area contributed by atoms with Gasteiger partial charge in [-0.3, -0.25) is 14.6 Å². The quantitative estimate of drug-likeness (QED) is 0.808. The number of primary amides is 1. The van der Waals surface area contributed by atoms with E-state index in [2.05, 4.69) is 16.7 Å². The van der Waals surface area contributed by atoms with Gasteiger partial charge in [0.05, 0.1) is 6.61 Å². The van der Waals surface area contributed by atoms with E-state index in [0.29, 0.717) is 5.56 Å². The van der Waals surface area contributed by atoms with E-state index in [-0.39, 0.29) is 18.6 Å². The van der Waals surface area contributed by atoms with Gasteiger partial charge in [-0.15, -0.1) is 0 Å². The molecule has 1 aliphatic rings. The Kier molecular flexibility index (Phi) is 5.73. The smallest absolute Gasteiger partial charge is 0.248 e. The van der Waals surface area contributed by atoms with Crippen LogP contribution in [-0.4, -0.2) is 59.6 Å². The molecule has 1 unspecified atom stereocenters. The lowest BCUT2D eigenvalue weighted by Gasteiger charge is -2.38. The van der Waals surface area contributed by atoms with Crippen molar-refractivity contribution in [1.82, 2.24) is 9.80 Å². The van der Waals surface area contributed by atoms with Gasteiger partial charge in [0.25, 0.3) is 0 Å². The maximum Gasteiger partial charge on any atom is 0.248 e. The number of benzene rings is 1. The summed E-state index contributed by atoms with van der Waals surface area (Å²) in [6.07, 6.45) is 0.983. The Hall–Kier alpha value is -1.43. The lowest BCUT2D eigenvalue weighted by atomic mass is 10.1. The van der Waals surface area contributed by atoms with Crippen molar-refractivity contribution in [2.45, 2.75) is 25.9 Å². The fraction of sp³-hybridized carbons (Fsp3) is 0.562. The van der Waals surface area contributed by atoms with E-state index >= 15 is 0 Å². The van der Waals surface area contributed by atoms with Gasteiger partial charge >= 0.3 is 0 Å². The molecule has 1 amide bonds. The van der Waals surface area contributed by atoms with Gasteiger partial charge in [-0.2, -0.15) is 0 Å². The summed E-state index contributed by atoms with van der Waals surface area (Å²) >= 11 is 0. The molecule has 1 saturated heterocycles. The summed E-state index contributed by atoms with van der Waals surface area (Å²) < 4.78 is 0. The second-order valence-corrected chi connectivity index (χ2v) is 5.62. The number of carbonyl (C=O) groups is 1. The second-order valence-electron chi connectivity index (χ2n) is 5.62. The molecule has 3 N–H and O–H groups in total. The molecule has 116 valence electrons. The van der Waals surface area contributed by atoms with Crippen LogP contribution in [0.2, 0.25) is 0 Å². The largest absolute Gasteiger partial charge is 0.395 e. The summed E-state index contributed by atoms with van der Waals surface area (Å²) in [5.74, 6) is -0.379. The first-order valence-electron chi connectivity index (χ1n) is 7.60. The van der Waals surface area contributed by atoms with Gasteiger partial charge in [0, 0.05) is 44.3 Å². The van der Waals surface area contributed by atoms with Gasteiger partial charge in [0.15, 0.2) is 0 Å². The number of rotatable bonds is 6. The first kappa shape index (κ1) is 15.9. The second kappa shape index (κ2) is 7.54. The van der Waals surface area contributed by atoms with E-state index < -0.39 is 0 Å². The van der Waals surface area contributed by atoms with Crippen molar-refractivity contribution in [3.8, 4) is 0 Å². The van der Waals surface area contributed by atoms with Crippen molar-refractivity contribution in [3.05, 3.63) is 35.4 Å². The summed E-state index contributed by atoms with van der Waals surface area (Å²) in [5.41, 5.74) is 7.00. The van der Waals surface area contributed by atoms with Crippen molar-refractivity contribution >= 4 is 5.91 Å². The molecule has 0 aliphatic carbocycles. The zero-order valence-electron chi connectivity index (χ0n) is 12.7. The molecule has 0 aromatic heterocycles. The zero-order chi connectivity index (χ0) is 15.2. The highest BCUT2D eigenvalue weighted by molar-refractivity contribution is 5.92. The van der Waals surface area contributed by atoms with Crippen molar-refractivity contribution in [2.75, 3.05) is 32.8 Å². The van der Waals surface area contributed by atoms with Crippen LogP contribution >= 0.6 is 0 Å². The summed E-state index contributed by atoms with van der Waals surface area (Å²) in [6.45, 7) is 7.11. The van der Waals surface area contributed by atoms with Crippen LogP contribution in [0.3, 0.4) is 0 Å². The highest BCUT2D eigenvalue weighted by Gasteiger charge is 2.22. The Bertz CT molecular complexity index is 466. The first-order valence-corrected chi connectivity index (χ1v) is 7.60. The van der Waals surface area contributed by atoms with Crippen LogP contribution in [-0.2, 0) is 6.54 Å². The van der Waals surface area contributed by atoms with Crippen molar-refractivity contribution in [3.63, 3.8) is 0 Å². The predicted octanol–water partition coefficient (Wildman–Crippen LogP) is 0.674. The van der Waals surface area contributed by atoms with Crippen molar-refractivity contribution in [1.29, 1.82) is 0 Å². The average Bonchev–Trinajstić information content (AvgIpc) is 2.50. The maximum atomic E-state index is 11.2. The molecule has 5 heteroatoms. The van der Waals surface area contributed by atoms with Crippen LogP contribution < -0.4 is 5.73 Å². The first-order chi connectivity index (χ1) is 10.1. The van der Waals surface area contributed by atoms with Crippen LogP contribution in [0.4, 0.5) is 0 Å². The van der Waals surface area contributed by atoms with Crippen LogP contribution in [0.25, 0.3) is 0 Å². The minimum Gasteiger partial charge on any atom is -0.395 e. The molecular formula is C16H25N3O2. The van der Waals surface area contributed by atoms with E-state index in [0.717, 1.165) is 44.7 Å². The summed E-state index contributed by atoms with van der Waals surface area (Å²) in [5, 5.41) is 9.36. The SMILES string of the molecule is CCC(CO)N1CCN(Cc2cccc(C(N)=O)c2)CC1. The molecule has 1 aliphatic heterocycles. The Labute approximate surface area is 126 Å². The normalized spacial score (nSPS) is 18.6. The monoisotopic (exact) mass is 291 g/mol. The number of carbonyl (C=O) groups excluding carboxylic acids is 1. The lowest BCUT2D eigenvalue weighted by molar-refractivity contribution is 0.0608. The number of nitrogens with zero attached hydrogens (tertiary/aromatic N) is 2. The third-order valence-electron chi connectivity index (χ3n) is 4.22. The van der Waals surface area contributed by atoms with E-state index in [1.54, 1.807) is 6.07 Å². The highest BCUT2D eigenvalue weighted by atomic mass is 16.3. The molecule has 21 heavy (non-hydrogen) atoms. The van der Waals surface area contributed by atoms with E-state index in [9.17, 15) is 9.90 Å². The number of hydrogen-bond donors (Lipinski definition) is 2. The van der Waals surface area contributed by atoms with Crippen LogP contribution in [0, 0.1) is 0 Å². The maximum absolute atomic E-state index is 11.2. The number of amides is 1. The molecule has 2 rings (SSSR count). The molecule has 0 bridgehead atoms. The molecule has 1 aromatic carbocycles. The Morgan fingerprint density at radius 1 is 1.33 bits per heavy atom. The Balaban J connectivity index is 1.89. The zero-order valence-corrected chi connectivity index (χ0v) is 12.7. The molecule has 1 fully saturated rings. The van der Waals surface area contributed by atoms with Gasteiger partial charge in [0.1, 0.15) is 0 Å². The Morgan fingerprint density at radius 2 is 2.05 bits per heavy atom. The van der Waals surface area contributed by atoms with E-state index in [1.165, 1.54) is 0 Å².